The van der Waals surface area contributed by atoms with Crippen molar-refractivity contribution in [1.29, 1.82) is 0 Å². The van der Waals surface area contributed by atoms with Crippen LogP contribution >= 0.6 is 0 Å². The molecule has 1 aliphatic rings. The van der Waals surface area contributed by atoms with Crippen molar-refractivity contribution in [3.05, 3.63) is 119 Å². The normalized spacial score (nSPS) is 14.8. The number of benzene rings is 4. The zero-order chi connectivity index (χ0) is 20.7. The highest BCUT2D eigenvalue weighted by atomic mass is 14.4. The van der Waals surface area contributed by atoms with E-state index < -0.39 is 0 Å². The van der Waals surface area contributed by atoms with E-state index in [-0.39, 0.29) is 5.41 Å². The molecule has 0 saturated heterocycles. The molecule has 0 spiro atoms. The summed E-state index contributed by atoms with van der Waals surface area (Å²) in [7, 11) is 0. The largest absolute Gasteiger partial charge is 0.0645 e. The van der Waals surface area contributed by atoms with Gasteiger partial charge in [-0.3, -0.25) is 0 Å². The molecule has 0 nitrogen and oxygen atoms in total. The lowest BCUT2D eigenvalue weighted by Crippen LogP contribution is -2.15. The highest BCUT2D eigenvalue weighted by Crippen LogP contribution is 2.49. The van der Waals surface area contributed by atoms with Crippen molar-refractivity contribution in [3.63, 3.8) is 0 Å². The van der Waals surface area contributed by atoms with Gasteiger partial charge in [-0.25, -0.2) is 0 Å². The van der Waals surface area contributed by atoms with Crippen LogP contribution in [0.25, 0.3) is 22.3 Å². The molecule has 0 amide bonds. The van der Waals surface area contributed by atoms with Crippen LogP contribution in [-0.2, 0) is 5.41 Å². The Balaban J connectivity index is 1.52. The van der Waals surface area contributed by atoms with Crippen LogP contribution in [-0.4, -0.2) is 0 Å². The summed E-state index contributed by atoms with van der Waals surface area (Å²) >= 11 is 0. The van der Waals surface area contributed by atoms with E-state index in [1.54, 1.807) is 0 Å². The third kappa shape index (κ3) is 2.99. The van der Waals surface area contributed by atoms with E-state index in [0.717, 1.165) is 6.42 Å². The van der Waals surface area contributed by atoms with Gasteiger partial charge >= 0.3 is 0 Å². The fourth-order valence-electron chi connectivity index (χ4n) is 5.14. The minimum Gasteiger partial charge on any atom is -0.0645 e. The van der Waals surface area contributed by atoms with Gasteiger partial charge in [0.25, 0.3) is 0 Å². The van der Waals surface area contributed by atoms with E-state index in [1.807, 2.05) is 0 Å². The van der Waals surface area contributed by atoms with E-state index in [0.29, 0.717) is 5.92 Å². The van der Waals surface area contributed by atoms with Gasteiger partial charge in [0.05, 0.1) is 0 Å². The van der Waals surface area contributed by atoms with Crippen molar-refractivity contribution in [3.8, 4) is 22.3 Å². The molecule has 148 valence electrons. The summed E-state index contributed by atoms with van der Waals surface area (Å²) in [5, 5.41) is 0. The van der Waals surface area contributed by atoms with Gasteiger partial charge in [0.1, 0.15) is 0 Å². The summed E-state index contributed by atoms with van der Waals surface area (Å²) in [6, 6.07) is 35.8. The van der Waals surface area contributed by atoms with Crippen molar-refractivity contribution in [2.24, 2.45) is 0 Å². The molecule has 0 heterocycles. The number of hydrogen-bond donors (Lipinski definition) is 0. The summed E-state index contributed by atoms with van der Waals surface area (Å²) in [5.74, 6) is 0.416. The van der Waals surface area contributed by atoms with Crippen LogP contribution in [0.5, 0.6) is 0 Å². The first-order valence-electron chi connectivity index (χ1n) is 11.0. The average Bonchev–Trinajstić information content (AvgIpc) is 3.02. The minimum atomic E-state index is 0.0530. The van der Waals surface area contributed by atoms with Crippen LogP contribution in [0, 0.1) is 0 Å². The molecule has 0 aliphatic heterocycles. The molecule has 30 heavy (non-hydrogen) atoms. The van der Waals surface area contributed by atoms with E-state index >= 15 is 0 Å². The Morgan fingerprint density at radius 3 is 1.93 bits per heavy atom. The van der Waals surface area contributed by atoms with Gasteiger partial charge in [0, 0.05) is 11.3 Å². The fraction of sp³-hybridized carbons (Fsp3) is 0.200. The zero-order valence-electron chi connectivity index (χ0n) is 18.0. The maximum Gasteiger partial charge on any atom is 0.0158 e. The molecule has 4 aromatic carbocycles. The average molecular weight is 389 g/mol. The maximum absolute atomic E-state index is 2.47. The molecule has 5 rings (SSSR count). The molecule has 0 fully saturated rings. The number of rotatable bonds is 4. The predicted molar refractivity (Wildman–Crippen MR) is 128 cm³/mol. The van der Waals surface area contributed by atoms with E-state index in [4.69, 9.17) is 0 Å². The Morgan fingerprint density at radius 2 is 1.20 bits per heavy atom. The Labute approximate surface area is 180 Å². The highest BCUT2D eigenvalue weighted by Gasteiger charge is 2.35. The Bertz CT molecular complexity index is 1180. The quantitative estimate of drug-likeness (QED) is 0.330. The van der Waals surface area contributed by atoms with E-state index in [1.165, 1.54) is 44.5 Å². The smallest absolute Gasteiger partial charge is 0.0158 e. The highest BCUT2D eigenvalue weighted by molar-refractivity contribution is 5.81. The molecular formula is C30H28. The number of fused-ring (bicyclic) bond motifs is 3. The molecule has 0 radical (unpaired) electrons. The van der Waals surface area contributed by atoms with Crippen molar-refractivity contribution in [2.75, 3.05) is 0 Å². The molecule has 1 atom stereocenters. The first kappa shape index (κ1) is 18.9. The molecular weight excluding hydrogens is 360 g/mol. The SMILES string of the molecule is CCC(c1ccc(-c2ccccc2)cc1)c1ccc2c(c1)C(C)(C)c1ccccc1-2. The van der Waals surface area contributed by atoms with Crippen molar-refractivity contribution in [1.82, 2.24) is 0 Å². The molecule has 4 aromatic rings. The lowest BCUT2D eigenvalue weighted by atomic mass is 9.80. The molecule has 0 heteroatoms. The Hall–Kier alpha value is -3.12. The minimum absolute atomic E-state index is 0.0530. The first-order chi connectivity index (χ1) is 14.6. The lowest BCUT2D eigenvalue weighted by molar-refractivity contribution is 0.657. The van der Waals surface area contributed by atoms with Crippen LogP contribution in [0.2, 0.25) is 0 Å². The standard InChI is InChI=1S/C30H28/c1-4-25(23-16-14-22(15-17-23)21-10-6-5-7-11-21)24-18-19-27-26-12-8-9-13-28(26)30(2,3)29(27)20-24/h5-20,25H,4H2,1-3H3. The van der Waals surface area contributed by atoms with Gasteiger partial charge in [-0.1, -0.05) is 118 Å². The first-order valence-corrected chi connectivity index (χ1v) is 11.0. The summed E-state index contributed by atoms with van der Waals surface area (Å²) in [6.07, 6.45) is 1.09. The van der Waals surface area contributed by atoms with E-state index in [2.05, 4.69) is 118 Å². The number of hydrogen-bond acceptors (Lipinski definition) is 0. The molecule has 0 bridgehead atoms. The van der Waals surface area contributed by atoms with Gasteiger partial charge < -0.3 is 0 Å². The molecule has 0 N–H and O–H groups in total. The predicted octanol–water partition coefficient (Wildman–Crippen LogP) is 8.20. The van der Waals surface area contributed by atoms with Crippen LogP contribution < -0.4 is 0 Å². The van der Waals surface area contributed by atoms with Gasteiger partial charge in [0.15, 0.2) is 0 Å². The van der Waals surface area contributed by atoms with Crippen LogP contribution in [0.4, 0.5) is 0 Å². The van der Waals surface area contributed by atoms with Gasteiger partial charge in [0.2, 0.25) is 0 Å². The van der Waals surface area contributed by atoms with Gasteiger partial charge in [-0.05, 0) is 50.9 Å². The monoisotopic (exact) mass is 388 g/mol. The lowest BCUT2D eigenvalue weighted by Gasteiger charge is -2.24. The zero-order valence-corrected chi connectivity index (χ0v) is 18.0. The van der Waals surface area contributed by atoms with Gasteiger partial charge in [-0.15, -0.1) is 0 Å². The summed E-state index contributed by atoms with van der Waals surface area (Å²) in [5.41, 5.74) is 11.1. The van der Waals surface area contributed by atoms with Crippen molar-refractivity contribution in [2.45, 2.75) is 38.5 Å². The Kier molecular flexibility index (Phi) is 4.59. The second-order valence-corrected chi connectivity index (χ2v) is 8.92. The molecule has 0 saturated carbocycles. The second-order valence-electron chi connectivity index (χ2n) is 8.92. The Morgan fingerprint density at radius 1 is 0.600 bits per heavy atom. The maximum atomic E-state index is 2.47. The second kappa shape index (κ2) is 7.29. The fourth-order valence-corrected chi connectivity index (χ4v) is 5.14. The van der Waals surface area contributed by atoms with Crippen molar-refractivity contribution >= 4 is 0 Å². The summed E-state index contributed by atoms with van der Waals surface area (Å²) < 4.78 is 0. The van der Waals surface area contributed by atoms with Gasteiger partial charge in [-0.2, -0.15) is 0 Å². The topological polar surface area (TPSA) is 0 Å². The van der Waals surface area contributed by atoms with Crippen LogP contribution in [0.3, 0.4) is 0 Å². The summed E-state index contributed by atoms with van der Waals surface area (Å²) in [4.78, 5) is 0. The molecule has 0 aromatic heterocycles. The van der Waals surface area contributed by atoms with Crippen LogP contribution in [0.1, 0.15) is 55.4 Å². The summed E-state index contributed by atoms with van der Waals surface area (Å²) in [6.45, 7) is 7.01. The third-order valence-corrected chi connectivity index (χ3v) is 6.84. The molecule has 1 aliphatic carbocycles. The third-order valence-electron chi connectivity index (χ3n) is 6.84. The van der Waals surface area contributed by atoms with Crippen molar-refractivity contribution < 1.29 is 0 Å². The van der Waals surface area contributed by atoms with Crippen LogP contribution in [0.15, 0.2) is 97.1 Å². The molecule has 1 unspecified atom stereocenters. The van der Waals surface area contributed by atoms with E-state index in [9.17, 15) is 0 Å².